The molecule has 1 N–H and O–H groups in total. The van der Waals surface area contributed by atoms with Gasteiger partial charge in [0.05, 0.1) is 0 Å². The molecule has 0 radical (unpaired) electrons. The van der Waals surface area contributed by atoms with Gasteiger partial charge in [0.15, 0.2) is 0 Å². The van der Waals surface area contributed by atoms with E-state index in [0.717, 1.165) is 13.1 Å². The van der Waals surface area contributed by atoms with Gasteiger partial charge in [-0.15, -0.1) is 0 Å². The van der Waals surface area contributed by atoms with Gasteiger partial charge in [-0.2, -0.15) is 0 Å². The van der Waals surface area contributed by atoms with Crippen molar-refractivity contribution in [2.45, 2.75) is 25.7 Å². The van der Waals surface area contributed by atoms with Crippen molar-refractivity contribution in [2.75, 3.05) is 32.5 Å². The van der Waals surface area contributed by atoms with Gasteiger partial charge in [-0.25, -0.2) is 0 Å². The highest BCUT2D eigenvalue weighted by Gasteiger charge is 2.10. The number of benzene rings is 1. The quantitative estimate of drug-likeness (QED) is 0.764. The number of hydrogen-bond donors (Lipinski definition) is 1. The normalized spacial score (nSPS) is 14.2. The van der Waals surface area contributed by atoms with Crippen LogP contribution in [0.1, 0.15) is 24.0 Å². The Balaban J connectivity index is 1.81. The van der Waals surface area contributed by atoms with Crippen molar-refractivity contribution in [1.29, 1.82) is 0 Å². The molecule has 1 aliphatic rings. The van der Waals surface area contributed by atoms with Gasteiger partial charge in [0, 0.05) is 12.2 Å². The molecule has 1 aliphatic carbocycles. The lowest BCUT2D eigenvalue weighted by molar-refractivity contribution is 0.405. The summed E-state index contributed by atoms with van der Waals surface area (Å²) in [6.45, 7) is 2.22. The Bertz CT molecular complexity index is 345. The monoisotopic (exact) mass is 218 g/mol. The molecule has 0 heterocycles. The summed E-state index contributed by atoms with van der Waals surface area (Å²) >= 11 is 0. The van der Waals surface area contributed by atoms with E-state index in [1.165, 1.54) is 31.4 Å². The summed E-state index contributed by atoms with van der Waals surface area (Å²) in [7, 11) is 4.24. The van der Waals surface area contributed by atoms with E-state index in [1.807, 2.05) is 0 Å². The maximum Gasteiger partial charge on any atom is 0.0343 e. The SMILES string of the molecule is CN(C)CCCNc1ccc2c(c1)CCC2. The maximum absolute atomic E-state index is 3.50. The first-order chi connectivity index (χ1) is 7.75. The summed E-state index contributed by atoms with van der Waals surface area (Å²) in [5, 5.41) is 3.50. The first kappa shape index (κ1) is 11.5. The zero-order valence-electron chi connectivity index (χ0n) is 10.4. The molecule has 0 saturated carbocycles. The number of anilines is 1. The van der Waals surface area contributed by atoms with Gasteiger partial charge in [-0.3, -0.25) is 0 Å². The molecule has 0 spiro atoms. The number of fused-ring (bicyclic) bond motifs is 1. The fourth-order valence-corrected chi connectivity index (χ4v) is 2.31. The summed E-state index contributed by atoms with van der Waals surface area (Å²) < 4.78 is 0. The Morgan fingerprint density at radius 1 is 1.19 bits per heavy atom. The summed E-state index contributed by atoms with van der Waals surface area (Å²) in [5.41, 5.74) is 4.40. The minimum absolute atomic E-state index is 1.07. The van der Waals surface area contributed by atoms with Crippen molar-refractivity contribution >= 4 is 5.69 Å². The van der Waals surface area contributed by atoms with Crippen LogP contribution in [0.3, 0.4) is 0 Å². The lowest BCUT2D eigenvalue weighted by Crippen LogP contribution is -2.16. The molecule has 16 heavy (non-hydrogen) atoms. The molecule has 0 fully saturated rings. The van der Waals surface area contributed by atoms with E-state index in [9.17, 15) is 0 Å². The molecular weight excluding hydrogens is 196 g/mol. The Hall–Kier alpha value is -1.02. The zero-order valence-corrected chi connectivity index (χ0v) is 10.4. The van der Waals surface area contributed by atoms with E-state index < -0.39 is 0 Å². The Kier molecular flexibility index (Phi) is 3.83. The Morgan fingerprint density at radius 2 is 2.00 bits per heavy atom. The van der Waals surface area contributed by atoms with Gasteiger partial charge in [-0.05, 0) is 69.6 Å². The van der Waals surface area contributed by atoms with Crippen molar-refractivity contribution in [3.63, 3.8) is 0 Å². The number of hydrogen-bond acceptors (Lipinski definition) is 2. The standard InChI is InChI=1S/C14H22N2/c1-16(2)10-4-9-15-14-8-7-12-5-3-6-13(12)11-14/h7-8,11,15H,3-6,9-10H2,1-2H3. The molecule has 2 rings (SSSR count). The first-order valence-electron chi connectivity index (χ1n) is 6.26. The lowest BCUT2D eigenvalue weighted by Gasteiger charge is -2.11. The van der Waals surface area contributed by atoms with Crippen LogP contribution >= 0.6 is 0 Å². The second-order valence-corrected chi connectivity index (χ2v) is 4.92. The number of rotatable bonds is 5. The van der Waals surface area contributed by atoms with Crippen molar-refractivity contribution in [2.24, 2.45) is 0 Å². The van der Waals surface area contributed by atoms with E-state index in [-0.39, 0.29) is 0 Å². The number of aryl methyl sites for hydroxylation is 2. The topological polar surface area (TPSA) is 15.3 Å². The third kappa shape index (κ3) is 2.99. The van der Waals surface area contributed by atoms with Crippen molar-refractivity contribution < 1.29 is 0 Å². The lowest BCUT2D eigenvalue weighted by atomic mass is 10.1. The molecule has 0 saturated heterocycles. The van der Waals surface area contributed by atoms with Gasteiger partial charge >= 0.3 is 0 Å². The van der Waals surface area contributed by atoms with Crippen LogP contribution in [0.2, 0.25) is 0 Å². The number of nitrogens with one attached hydrogen (secondary N) is 1. The van der Waals surface area contributed by atoms with E-state index >= 15 is 0 Å². The summed E-state index contributed by atoms with van der Waals surface area (Å²) in [4.78, 5) is 2.23. The molecular formula is C14H22N2. The molecule has 0 atom stereocenters. The largest absolute Gasteiger partial charge is 0.385 e. The van der Waals surface area contributed by atoms with Gasteiger partial charge in [0.1, 0.15) is 0 Å². The van der Waals surface area contributed by atoms with Crippen LogP contribution in [-0.2, 0) is 12.8 Å². The van der Waals surface area contributed by atoms with Crippen LogP contribution in [0.5, 0.6) is 0 Å². The predicted octanol–water partition coefficient (Wildman–Crippen LogP) is 2.54. The van der Waals surface area contributed by atoms with E-state index in [4.69, 9.17) is 0 Å². The minimum Gasteiger partial charge on any atom is -0.385 e. The third-order valence-corrected chi connectivity index (χ3v) is 3.21. The second kappa shape index (κ2) is 5.35. The molecule has 1 aromatic rings. The first-order valence-corrected chi connectivity index (χ1v) is 6.26. The molecule has 88 valence electrons. The van der Waals surface area contributed by atoms with Gasteiger partial charge in [0.25, 0.3) is 0 Å². The fourth-order valence-electron chi connectivity index (χ4n) is 2.31. The van der Waals surface area contributed by atoms with Crippen LogP contribution in [0.25, 0.3) is 0 Å². The second-order valence-electron chi connectivity index (χ2n) is 4.92. The fraction of sp³-hybridized carbons (Fsp3) is 0.571. The van der Waals surface area contributed by atoms with Crippen molar-refractivity contribution in [1.82, 2.24) is 4.90 Å². The Labute approximate surface area is 98.7 Å². The van der Waals surface area contributed by atoms with Crippen molar-refractivity contribution in [3.05, 3.63) is 29.3 Å². The molecule has 0 aliphatic heterocycles. The van der Waals surface area contributed by atoms with Crippen LogP contribution in [0.4, 0.5) is 5.69 Å². The average molecular weight is 218 g/mol. The van der Waals surface area contributed by atoms with E-state index in [0.29, 0.717) is 0 Å². The Morgan fingerprint density at radius 3 is 2.81 bits per heavy atom. The van der Waals surface area contributed by atoms with Gasteiger partial charge in [-0.1, -0.05) is 6.07 Å². The van der Waals surface area contributed by atoms with Crippen LogP contribution in [-0.4, -0.2) is 32.1 Å². The molecule has 1 aromatic carbocycles. The van der Waals surface area contributed by atoms with Crippen LogP contribution in [0.15, 0.2) is 18.2 Å². The van der Waals surface area contributed by atoms with Crippen LogP contribution in [0, 0.1) is 0 Å². The minimum atomic E-state index is 1.07. The summed E-state index contributed by atoms with van der Waals surface area (Å²) in [6.07, 6.45) is 5.07. The molecule has 2 heteroatoms. The molecule has 0 bridgehead atoms. The third-order valence-electron chi connectivity index (χ3n) is 3.21. The maximum atomic E-state index is 3.50. The van der Waals surface area contributed by atoms with Crippen molar-refractivity contribution in [3.8, 4) is 0 Å². The van der Waals surface area contributed by atoms with E-state index in [2.05, 4.69) is 42.5 Å². The highest BCUT2D eigenvalue weighted by Crippen LogP contribution is 2.24. The highest BCUT2D eigenvalue weighted by molar-refractivity contribution is 5.50. The zero-order chi connectivity index (χ0) is 11.4. The summed E-state index contributed by atoms with van der Waals surface area (Å²) in [6, 6.07) is 6.84. The highest BCUT2D eigenvalue weighted by atomic mass is 15.1. The van der Waals surface area contributed by atoms with Gasteiger partial charge in [0.2, 0.25) is 0 Å². The van der Waals surface area contributed by atoms with Crippen LogP contribution < -0.4 is 5.32 Å². The molecule has 0 aromatic heterocycles. The predicted molar refractivity (Wildman–Crippen MR) is 70.1 cm³/mol. The molecule has 0 amide bonds. The average Bonchev–Trinajstić information content (AvgIpc) is 2.71. The summed E-state index contributed by atoms with van der Waals surface area (Å²) in [5.74, 6) is 0. The smallest absolute Gasteiger partial charge is 0.0343 e. The van der Waals surface area contributed by atoms with Gasteiger partial charge < -0.3 is 10.2 Å². The molecule has 0 unspecified atom stereocenters. The number of nitrogens with zero attached hydrogens (tertiary/aromatic N) is 1. The molecule has 2 nitrogen and oxygen atoms in total. The van der Waals surface area contributed by atoms with E-state index in [1.54, 1.807) is 11.1 Å².